The van der Waals surface area contributed by atoms with Gasteiger partial charge in [-0.05, 0) is 49.6 Å². The van der Waals surface area contributed by atoms with E-state index in [1.807, 2.05) is 19.1 Å². The van der Waals surface area contributed by atoms with Gasteiger partial charge in [0.15, 0.2) is 0 Å². The fourth-order valence-corrected chi connectivity index (χ4v) is 5.51. The molecule has 2 aromatic rings. The summed E-state index contributed by atoms with van der Waals surface area (Å²) in [5, 5.41) is 0. The molecule has 0 saturated carbocycles. The van der Waals surface area contributed by atoms with E-state index in [0.29, 0.717) is 37.0 Å². The van der Waals surface area contributed by atoms with Gasteiger partial charge in [-0.15, -0.1) is 0 Å². The fourth-order valence-electron chi connectivity index (χ4n) is 3.75. The predicted molar refractivity (Wildman–Crippen MR) is 114 cm³/mol. The molecule has 1 unspecified atom stereocenters. The molecule has 164 valence electrons. The lowest BCUT2D eigenvalue weighted by molar-refractivity contribution is 0.146. The second-order valence-corrected chi connectivity index (χ2v) is 9.04. The molecular weight excluding hydrogens is 406 g/mol. The van der Waals surface area contributed by atoms with Crippen molar-refractivity contribution in [3.05, 3.63) is 47.5 Å². The van der Waals surface area contributed by atoms with Crippen molar-refractivity contribution in [2.75, 3.05) is 41.1 Å². The molecule has 1 saturated heterocycles. The average molecular weight is 436 g/mol. The van der Waals surface area contributed by atoms with Crippen molar-refractivity contribution in [1.82, 2.24) is 4.31 Å². The summed E-state index contributed by atoms with van der Waals surface area (Å²) in [7, 11) is 1.10. The van der Waals surface area contributed by atoms with Crippen LogP contribution in [0.2, 0.25) is 0 Å². The Morgan fingerprint density at radius 3 is 2.47 bits per heavy atom. The van der Waals surface area contributed by atoms with Gasteiger partial charge in [-0.2, -0.15) is 4.31 Å². The van der Waals surface area contributed by atoms with Crippen molar-refractivity contribution in [3.8, 4) is 17.2 Å². The number of hydrogen-bond acceptors (Lipinski definition) is 6. The minimum absolute atomic E-state index is 0.262. The molecular formula is C22H29NO6S. The molecule has 2 aromatic carbocycles. The summed E-state index contributed by atoms with van der Waals surface area (Å²) < 4.78 is 49.9. The molecule has 0 amide bonds. The summed E-state index contributed by atoms with van der Waals surface area (Å²) in [6.45, 7) is 3.19. The zero-order valence-electron chi connectivity index (χ0n) is 17.9. The first-order chi connectivity index (χ1) is 14.4. The maximum atomic E-state index is 13.5. The van der Waals surface area contributed by atoms with Crippen LogP contribution in [0.25, 0.3) is 0 Å². The minimum atomic E-state index is -3.67. The Bertz CT molecular complexity index is 976. The number of ether oxygens (including phenoxy) is 4. The third-order valence-electron chi connectivity index (χ3n) is 5.30. The molecule has 30 heavy (non-hydrogen) atoms. The van der Waals surface area contributed by atoms with E-state index in [1.165, 1.54) is 0 Å². The molecule has 1 aliphatic heterocycles. The summed E-state index contributed by atoms with van der Waals surface area (Å²) in [6.07, 6.45) is 1.52. The quantitative estimate of drug-likeness (QED) is 0.561. The van der Waals surface area contributed by atoms with E-state index in [1.54, 1.807) is 49.9 Å². The van der Waals surface area contributed by atoms with Crippen LogP contribution in [0.5, 0.6) is 17.2 Å². The van der Waals surface area contributed by atoms with E-state index in [4.69, 9.17) is 18.9 Å². The molecule has 1 atom stereocenters. The van der Waals surface area contributed by atoms with Gasteiger partial charge < -0.3 is 18.9 Å². The first-order valence-corrected chi connectivity index (χ1v) is 11.3. The molecule has 1 heterocycles. The molecule has 7 nitrogen and oxygen atoms in total. The molecule has 1 fully saturated rings. The van der Waals surface area contributed by atoms with Crippen molar-refractivity contribution in [1.29, 1.82) is 0 Å². The monoisotopic (exact) mass is 435 g/mol. The van der Waals surface area contributed by atoms with E-state index >= 15 is 0 Å². The van der Waals surface area contributed by atoms with Crippen molar-refractivity contribution >= 4 is 10.0 Å². The Labute approximate surface area is 178 Å². The molecule has 0 bridgehead atoms. The van der Waals surface area contributed by atoms with Gasteiger partial charge in [-0.1, -0.05) is 6.07 Å². The third kappa shape index (κ3) is 4.55. The summed E-state index contributed by atoms with van der Waals surface area (Å²) in [5.74, 6) is 1.95. The van der Waals surface area contributed by atoms with Crippen molar-refractivity contribution < 1.29 is 27.4 Å². The molecule has 0 aliphatic carbocycles. The largest absolute Gasteiger partial charge is 0.497 e. The molecule has 8 heteroatoms. The second-order valence-electron chi connectivity index (χ2n) is 7.15. The lowest BCUT2D eigenvalue weighted by Crippen LogP contribution is -2.31. The van der Waals surface area contributed by atoms with E-state index in [9.17, 15) is 8.42 Å². The summed E-state index contributed by atoms with van der Waals surface area (Å²) >= 11 is 0. The second kappa shape index (κ2) is 9.68. The Kier molecular flexibility index (Phi) is 7.23. The highest BCUT2D eigenvalue weighted by Crippen LogP contribution is 2.41. The van der Waals surface area contributed by atoms with Crippen LogP contribution in [0.1, 0.15) is 30.0 Å². The Morgan fingerprint density at radius 2 is 1.80 bits per heavy atom. The van der Waals surface area contributed by atoms with Crippen LogP contribution in [-0.2, 0) is 14.8 Å². The zero-order chi connectivity index (χ0) is 21.7. The smallest absolute Gasteiger partial charge is 0.243 e. The Balaban J connectivity index is 1.89. The first-order valence-electron chi connectivity index (χ1n) is 9.88. The number of aryl methyl sites for hydroxylation is 1. The molecule has 0 aromatic heterocycles. The van der Waals surface area contributed by atoms with Gasteiger partial charge in [-0.3, -0.25) is 0 Å². The number of sulfonamides is 1. The Morgan fingerprint density at radius 1 is 1.00 bits per heavy atom. The lowest BCUT2D eigenvalue weighted by atomic mass is 10.0. The minimum Gasteiger partial charge on any atom is -0.497 e. The van der Waals surface area contributed by atoms with Gasteiger partial charge in [-0.25, -0.2) is 8.42 Å². The number of benzene rings is 2. The lowest BCUT2D eigenvalue weighted by Gasteiger charge is -2.26. The number of nitrogens with zero attached hydrogens (tertiary/aromatic N) is 1. The van der Waals surface area contributed by atoms with Gasteiger partial charge in [0.05, 0.1) is 31.8 Å². The van der Waals surface area contributed by atoms with E-state index in [2.05, 4.69) is 0 Å². The highest BCUT2D eigenvalue weighted by molar-refractivity contribution is 7.89. The van der Waals surface area contributed by atoms with Crippen molar-refractivity contribution in [3.63, 3.8) is 0 Å². The predicted octanol–water partition coefficient (Wildman–Crippen LogP) is 3.56. The fraction of sp³-hybridized carbons (Fsp3) is 0.455. The zero-order valence-corrected chi connectivity index (χ0v) is 18.7. The molecule has 3 rings (SSSR count). The maximum Gasteiger partial charge on any atom is 0.243 e. The highest BCUT2D eigenvalue weighted by atomic mass is 32.2. The average Bonchev–Trinajstić information content (AvgIpc) is 3.25. The maximum absolute atomic E-state index is 13.5. The number of rotatable bonds is 9. The van der Waals surface area contributed by atoms with Crippen molar-refractivity contribution in [2.24, 2.45) is 0 Å². The highest BCUT2D eigenvalue weighted by Gasteiger charge is 2.37. The molecule has 0 radical (unpaired) electrons. The van der Waals surface area contributed by atoms with Gasteiger partial charge in [0, 0.05) is 25.3 Å². The van der Waals surface area contributed by atoms with Crippen LogP contribution >= 0.6 is 0 Å². The number of hydrogen-bond donors (Lipinski definition) is 0. The van der Waals surface area contributed by atoms with Crippen LogP contribution in [-0.4, -0.2) is 53.8 Å². The summed E-state index contributed by atoms with van der Waals surface area (Å²) in [4.78, 5) is 0.262. The Hall–Kier alpha value is -2.29. The van der Waals surface area contributed by atoms with Crippen LogP contribution in [0.4, 0.5) is 0 Å². The van der Waals surface area contributed by atoms with Gasteiger partial charge >= 0.3 is 0 Å². The topological polar surface area (TPSA) is 74.3 Å². The van der Waals surface area contributed by atoms with Crippen LogP contribution in [0, 0.1) is 6.92 Å². The molecule has 1 aliphatic rings. The van der Waals surface area contributed by atoms with E-state index < -0.39 is 10.0 Å². The van der Waals surface area contributed by atoms with Crippen LogP contribution in [0.15, 0.2) is 41.3 Å². The third-order valence-corrected chi connectivity index (χ3v) is 7.21. The van der Waals surface area contributed by atoms with Gasteiger partial charge in [0.1, 0.15) is 23.9 Å². The van der Waals surface area contributed by atoms with E-state index in [-0.39, 0.29) is 10.9 Å². The van der Waals surface area contributed by atoms with Gasteiger partial charge in [0.2, 0.25) is 10.0 Å². The first kappa shape index (κ1) is 22.4. The molecule has 0 spiro atoms. The molecule has 0 N–H and O–H groups in total. The number of methoxy groups -OCH3 is 3. The van der Waals surface area contributed by atoms with E-state index in [0.717, 1.165) is 24.0 Å². The SMILES string of the molecule is COCCOc1ccc(S(=O)(=O)N2CCCC2c2ccc(OC)cc2OC)cc1C. The van der Waals surface area contributed by atoms with Crippen LogP contribution < -0.4 is 14.2 Å². The van der Waals surface area contributed by atoms with Crippen molar-refractivity contribution in [2.45, 2.75) is 30.7 Å². The van der Waals surface area contributed by atoms with Gasteiger partial charge in [0.25, 0.3) is 0 Å². The summed E-state index contributed by atoms with van der Waals surface area (Å²) in [6, 6.07) is 10.2. The normalized spacial score (nSPS) is 17.1. The van der Waals surface area contributed by atoms with Crippen LogP contribution in [0.3, 0.4) is 0 Å². The standard InChI is InChI=1S/C22H29NO6S/c1-16-14-18(8-10-21(16)29-13-12-26-2)30(24,25)23-11-5-6-20(23)19-9-7-17(27-3)15-22(19)28-4/h7-10,14-15,20H,5-6,11-13H2,1-4H3. The summed E-state index contributed by atoms with van der Waals surface area (Å²) in [5.41, 5.74) is 1.61.